The highest BCUT2D eigenvalue weighted by atomic mass is 16.2. The topological polar surface area (TPSA) is 44.6 Å². The van der Waals surface area contributed by atoms with Crippen LogP contribution in [0.25, 0.3) is 0 Å². The van der Waals surface area contributed by atoms with Gasteiger partial charge in [0, 0.05) is 71.2 Å². The SMILES string of the molecule is CCc1nccn1CCN1CCN(CC(=O)N2CCCCCC2)CC1. The quantitative estimate of drug-likeness (QED) is 0.782. The van der Waals surface area contributed by atoms with Gasteiger partial charge in [-0.25, -0.2) is 4.98 Å². The maximum Gasteiger partial charge on any atom is 0.236 e. The van der Waals surface area contributed by atoms with Crippen molar-refractivity contribution in [2.45, 2.75) is 45.6 Å². The van der Waals surface area contributed by atoms with Gasteiger partial charge in [0.05, 0.1) is 6.54 Å². The first-order chi connectivity index (χ1) is 12.3. The van der Waals surface area contributed by atoms with Gasteiger partial charge in [-0.15, -0.1) is 0 Å². The molecule has 6 nitrogen and oxygen atoms in total. The average Bonchev–Trinajstić information content (AvgIpc) is 2.91. The number of amides is 1. The van der Waals surface area contributed by atoms with Crippen molar-refractivity contribution in [1.29, 1.82) is 0 Å². The maximum absolute atomic E-state index is 12.5. The predicted octanol–water partition coefficient (Wildman–Crippen LogP) is 1.47. The lowest BCUT2D eigenvalue weighted by Gasteiger charge is -2.35. The summed E-state index contributed by atoms with van der Waals surface area (Å²) in [6.07, 6.45) is 9.86. The number of aryl methyl sites for hydroxylation is 1. The Balaban J connectivity index is 1.37. The third-order valence-corrected chi connectivity index (χ3v) is 5.56. The summed E-state index contributed by atoms with van der Waals surface area (Å²) in [5.74, 6) is 1.50. The van der Waals surface area contributed by atoms with Gasteiger partial charge < -0.3 is 9.47 Å². The smallest absolute Gasteiger partial charge is 0.236 e. The highest BCUT2D eigenvalue weighted by molar-refractivity contribution is 5.78. The number of carbonyl (C=O) groups is 1. The largest absolute Gasteiger partial charge is 0.342 e. The molecule has 0 aliphatic carbocycles. The molecule has 1 aromatic heterocycles. The second-order valence-electron chi connectivity index (χ2n) is 7.30. The van der Waals surface area contributed by atoms with Crippen LogP contribution < -0.4 is 0 Å². The maximum atomic E-state index is 12.5. The summed E-state index contributed by atoms with van der Waals surface area (Å²) < 4.78 is 2.26. The molecule has 1 aromatic rings. The number of piperazine rings is 1. The number of hydrogen-bond donors (Lipinski definition) is 0. The summed E-state index contributed by atoms with van der Waals surface area (Å²) in [6.45, 7) is 10.9. The van der Waals surface area contributed by atoms with Crippen LogP contribution in [0.1, 0.15) is 38.4 Å². The minimum atomic E-state index is 0.335. The fourth-order valence-corrected chi connectivity index (χ4v) is 3.89. The monoisotopic (exact) mass is 347 g/mol. The molecule has 0 spiro atoms. The van der Waals surface area contributed by atoms with Gasteiger partial charge in [-0.05, 0) is 12.8 Å². The van der Waals surface area contributed by atoms with Crippen LogP contribution in [0, 0.1) is 0 Å². The average molecular weight is 348 g/mol. The highest BCUT2D eigenvalue weighted by Crippen LogP contribution is 2.11. The second-order valence-corrected chi connectivity index (χ2v) is 7.30. The molecular weight excluding hydrogens is 314 g/mol. The summed E-state index contributed by atoms with van der Waals surface area (Å²) in [5, 5.41) is 0. The van der Waals surface area contributed by atoms with E-state index in [1.807, 2.05) is 6.20 Å². The molecule has 2 aliphatic heterocycles. The third-order valence-electron chi connectivity index (χ3n) is 5.56. The molecule has 0 radical (unpaired) electrons. The summed E-state index contributed by atoms with van der Waals surface area (Å²) >= 11 is 0. The number of aromatic nitrogens is 2. The van der Waals surface area contributed by atoms with Gasteiger partial charge in [0.2, 0.25) is 5.91 Å². The molecule has 6 heteroatoms. The lowest BCUT2D eigenvalue weighted by molar-refractivity contribution is -0.132. The van der Waals surface area contributed by atoms with E-state index < -0.39 is 0 Å². The molecule has 25 heavy (non-hydrogen) atoms. The Morgan fingerprint density at radius 3 is 2.32 bits per heavy atom. The van der Waals surface area contributed by atoms with Crippen molar-refractivity contribution in [2.75, 3.05) is 52.4 Å². The van der Waals surface area contributed by atoms with Gasteiger partial charge >= 0.3 is 0 Å². The van der Waals surface area contributed by atoms with Crippen molar-refractivity contribution in [3.05, 3.63) is 18.2 Å². The van der Waals surface area contributed by atoms with E-state index in [9.17, 15) is 4.79 Å². The van der Waals surface area contributed by atoms with E-state index in [1.165, 1.54) is 31.5 Å². The summed E-state index contributed by atoms with van der Waals surface area (Å²) in [7, 11) is 0. The molecule has 3 rings (SSSR count). The first-order valence-electron chi connectivity index (χ1n) is 9.98. The van der Waals surface area contributed by atoms with E-state index >= 15 is 0 Å². The Morgan fingerprint density at radius 2 is 1.64 bits per heavy atom. The molecule has 0 aromatic carbocycles. The van der Waals surface area contributed by atoms with E-state index in [1.54, 1.807) is 0 Å². The van der Waals surface area contributed by atoms with E-state index in [0.29, 0.717) is 12.5 Å². The molecule has 140 valence electrons. The normalized spacial score (nSPS) is 20.6. The van der Waals surface area contributed by atoms with Gasteiger partial charge in [-0.3, -0.25) is 14.6 Å². The van der Waals surface area contributed by atoms with E-state index in [2.05, 4.69) is 37.4 Å². The van der Waals surface area contributed by atoms with Crippen LogP contribution in [0.15, 0.2) is 12.4 Å². The molecular formula is C19H33N5O. The minimum absolute atomic E-state index is 0.335. The number of rotatable bonds is 6. The third kappa shape index (κ3) is 5.28. The highest BCUT2D eigenvalue weighted by Gasteiger charge is 2.22. The molecule has 2 fully saturated rings. The molecule has 0 unspecified atom stereocenters. The Kier molecular flexibility index (Phi) is 6.87. The van der Waals surface area contributed by atoms with Crippen molar-refractivity contribution >= 4 is 5.91 Å². The van der Waals surface area contributed by atoms with Gasteiger partial charge in [-0.1, -0.05) is 19.8 Å². The Labute approximate surface area is 151 Å². The van der Waals surface area contributed by atoms with Crippen LogP contribution in [0.2, 0.25) is 0 Å². The predicted molar refractivity (Wildman–Crippen MR) is 99.5 cm³/mol. The molecule has 2 saturated heterocycles. The zero-order chi connectivity index (χ0) is 17.5. The fraction of sp³-hybridized carbons (Fsp3) is 0.789. The lowest BCUT2D eigenvalue weighted by Crippen LogP contribution is -2.50. The standard InChI is InChI=1S/C19H33N5O/c1-2-18-20-7-10-23(18)16-15-21-11-13-22(14-12-21)17-19(25)24-8-5-3-4-6-9-24/h7,10H,2-6,8-9,11-17H2,1H3. The van der Waals surface area contributed by atoms with Gasteiger partial charge in [0.15, 0.2) is 0 Å². The van der Waals surface area contributed by atoms with Crippen LogP contribution in [0.5, 0.6) is 0 Å². The molecule has 0 bridgehead atoms. The van der Waals surface area contributed by atoms with Gasteiger partial charge in [-0.2, -0.15) is 0 Å². The molecule has 2 aliphatic rings. The molecule has 3 heterocycles. The lowest BCUT2D eigenvalue weighted by atomic mass is 10.2. The zero-order valence-electron chi connectivity index (χ0n) is 15.7. The molecule has 0 N–H and O–H groups in total. The number of hydrogen-bond acceptors (Lipinski definition) is 4. The van der Waals surface area contributed by atoms with Crippen molar-refractivity contribution in [3.8, 4) is 0 Å². The summed E-state index contributed by atoms with van der Waals surface area (Å²) in [6, 6.07) is 0. The zero-order valence-corrected chi connectivity index (χ0v) is 15.7. The summed E-state index contributed by atoms with van der Waals surface area (Å²) in [5.41, 5.74) is 0. The number of imidazole rings is 1. The summed E-state index contributed by atoms with van der Waals surface area (Å²) in [4.78, 5) is 23.8. The van der Waals surface area contributed by atoms with E-state index in [4.69, 9.17) is 0 Å². The fourth-order valence-electron chi connectivity index (χ4n) is 3.89. The van der Waals surface area contributed by atoms with E-state index in [0.717, 1.165) is 58.8 Å². The Morgan fingerprint density at radius 1 is 0.960 bits per heavy atom. The van der Waals surface area contributed by atoms with Crippen LogP contribution in [0.3, 0.4) is 0 Å². The van der Waals surface area contributed by atoms with Gasteiger partial charge in [0.1, 0.15) is 5.82 Å². The first-order valence-corrected chi connectivity index (χ1v) is 9.98. The minimum Gasteiger partial charge on any atom is -0.342 e. The Hall–Kier alpha value is -1.40. The Bertz CT molecular complexity index is 528. The number of carbonyl (C=O) groups excluding carboxylic acids is 1. The van der Waals surface area contributed by atoms with Crippen LogP contribution >= 0.6 is 0 Å². The second kappa shape index (κ2) is 9.34. The van der Waals surface area contributed by atoms with Crippen LogP contribution in [-0.4, -0.2) is 82.5 Å². The molecule has 0 atom stereocenters. The van der Waals surface area contributed by atoms with Gasteiger partial charge in [0.25, 0.3) is 0 Å². The van der Waals surface area contributed by atoms with Crippen LogP contribution in [0.4, 0.5) is 0 Å². The number of likely N-dealkylation sites (tertiary alicyclic amines) is 1. The number of nitrogens with zero attached hydrogens (tertiary/aromatic N) is 5. The molecule has 1 amide bonds. The van der Waals surface area contributed by atoms with Crippen molar-refractivity contribution in [1.82, 2.24) is 24.3 Å². The van der Waals surface area contributed by atoms with Crippen molar-refractivity contribution < 1.29 is 4.79 Å². The van der Waals surface area contributed by atoms with Crippen molar-refractivity contribution in [2.24, 2.45) is 0 Å². The van der Waals surface area contributed by atoms with E-state index in [-0.39, 0.29) is 0 Å². The molecule has 0 saturated carbocycles. The first kappa shape index (κ1) is 18.4. The van der Waals surface area contributed by atoms with Crippen molar-refractivity contribution in [3.63, 3.8) is 0 Å². The van der Waals surface area contributed by atoms with Crippen LogP contribution in [-0.2, 0) is 17.8 Å².